The molecular formula is C12H17FOS. The van der Waals surface area contributed by atoms with Crippen molar-refractivity contribution in [3.05, 3.63) is 34.6 Å². The number of rotatable bonds is 4. The van der Waals surface area contributed by atoms with Crippen LogP contribution in [-0.2, 0) is 0 Å². The summed E-state index contributed by atoms with van der Waals surface area (Å²) in [6.07, 6.45) is 1.89. The zero-order valence-corrected chi connectivity index (χ0v) is 10.2. The number of aliphatic hydroxyl groups is 1. The van der Waals surface area contributed by atoms with Gasteiger partial charge in [-0.25, -0.2) is 4.39 Å². The van der Waals surface area contributed by atoms with Crippen molar-refractivity contribution in [1.29, 1.82) is 0 Å². The summed E-state index contributed by atoms with van der Waals surface area (Å²) in [6, 6.07) is 3.38. The fourth-order valence-electron chi connectivity index (χ4n) is 1.72. The van der Waals surface area contributed by atoms with Gasteiger partial charge in [-0.05, 0) is 49.5 Å². The van der Waals surface area contributed by atoms with Crippen molar-refractivity contribution >= 4 is 11.8 Å². The molecule has 1 aromatic carbocycles. The Balaban J connectivity index is 2.92. The molecule has 0 bridgehead atoms. The molecule has 0 aliphatic carbocycles. The minimum absolute atomic E-state index is 0.291. The Morgan fingerprint density at radius 1 is 1.40 bits per heavy atom. The van der Waals surface area contributed by atoms with Crippen molar-refractivity contribution in [2.75, 3.05) is 12.0 Å². The third-order valence-corrected chi connectivity index (χ3v) is 3.05. The number of thioether (sulfide) groups is 1. The number of aliphatic hydroxyl groups excluding tert-OH is 1. The van der Waals surface area contributed by atoms with E-state index in [-0.39, 0.29) is 5.82 Å². The van der Waals surface area contributed by atoms with Crippen molar-refractivity contribution in [2.45, 2.75) is 26.4 Å². The van der Waals surface area contributed by atoms with Crippen molar-refractivity contribution in [3.8, 4) is 0 Å². The summed E-state index contributed by atoms with van der Waals surface area (Å²) in [5.74, 6) is 0.551. The molecule has 0 aliphatic rings. The Morgan fingerprint density at radius 3 is 2.60 bits per heavy atom. The molecule has 0 aromatic heterocycles. The summed E-state index contributed by atoms with van der Waals surface area (Å²) < 4.78 is 13.6. The van der Waals surface area contributed by atoms with Gasteiger partial charge in [0.15, 0.2) is 0 Å². The van der Waals surface area contributed by atoms with Crippen LogP contribution in [0.5, 0.6) is 0 Å². The normalized spacial score (nSPS) is 12.9. The van der Waals surface area contributed by atoms with Crippen LogP contribution in [0.15, 0.2) is 12.1 Å². The van der Waals surface area contributed by atoms with E-state index < -0.39 is 6.10 Å². The maximum atomic E-state index is 13.6. The second-order valence-corrected chi connectivity index (χ2v) is 4.76. The molecule has 1 nitrogen and oxygen atoms in total. The highest BCUT2D eigenvalue weighted by atomic mass is 32.2. The molecule has 1 N–H and O–H groups in total. The molecule has 15 heavy (non-hydrogen) atoms. The van der Waals surface area contributed by atoms with E-state index in [9.17, 15) is 9.50 Å². The Bertz CT molecular complexity index is 315. The van der Waals surface area contributed by atoms with Gasteiger partial charge in [0.05, 0.1) is 6.10 Å². The summed E-state index contributed by atoms with van der Waals surface area (Å²) >= 11 is 1.66. The van der Waals surface area contributed by atoms with E-state index in [4.69, 9.17) is 0 Å². The zero-order valence-electron chi connectivity index (χ0n) is 9.38. The van der Waals surface area contributed by atoms with Crippen LogP contribution in [0, 0.1) is 19.7 Å². The van der Waals surface area contributed by atoms with Gasteiger partial charge in [-0.1, -0.05) is 6.07 Å². The molecule has 0 fully saturated rings. The third-order valence-electron chi connectivity index (χ3n) is 2.41. The van der Waals surface area contributed by atoms with Gasteiger partial charge in [-0.2, -0.15) is 11.8 Å². The molecule has 1 rings (SSSR count). The minimum Gasteiger partial charge on any atom is -0.388 e. The average Bonchev–Trinajstić information content (AvgIpc) is 2.12. The summed E-state index contributed by atoms with van der Waals surface area (Å²) in [5.41, 5.74) is 2.18. The van der Waals surface area contributed by atoms with E-state index in [1.54, 1.807) is 11.8 Å². The molecule has 0 aliphatic heterocycles. The third kappa shape index (κ3) is 3.21. The molecular weight excluding hydrogens is 211 g/mol. The van der Waals surface area contributed by atoms with Gasteiger partial charge in [0.2, 0.25) is 0 Å². The second-order valence-electron chi connectivity index (χ2n) is 3.77. The number of hydrogen-bond donors (Lipinski definition) is 1. The summed E-state index contributed by atoms with van der Waals surface area (Å²) in [5, 5.41) is 9.85. The maximum Gasteiger partial charge on any atom is 0.129 e. The summed E-state index contributed by atoms with van der Waals surface area (Å²) in [4.78, 5) is 0. The smallest absolute Gasteiger partial charge is 0.129 e. The molecule has 0 spiro atoms. The van der Waals surface area contributed by atoms with E-state index in [2.05, 4.69) is 0 Å². The summed E-state index contributed by atoms with van der Waals surface area (Å²) in [6.45, 7) is 3.70. The molecule has 84 valence electrons. The van der Waals surface area contributed by atoms with Crippen molar-refractivity contribution < 1.29 is 9.50 Å². The highest BCUT2D eigenvalue weighted by Crippen LogP contribution is 2.25. The van der Waals surface area contributed by atoms with Crippen molar-refractivity contribution in [2.24, 2.45) is 0 Å². The SMILES string of the molecule is CSCCC(O)c1c(C)cc(C)cc1F. The van der Waals surface area contributed by atoms with E-state index in [0.29, 0.717) is 12.0 Å². The van der Waals surface area contributed by atoms with Crippen LogP contribution in [0.4, 0.5) is 4.39 Å². The highest BCUT2D eigenvalue weighted by molar-refractivity contribution is 7.98. The fraction of sp³-hybridized carbons (Fsp3) is 0.500. The van der Waals surface area contributed by atoms with Gasteiger partial charge in [-0.15, -0.1) is 0 Å². The minimum atomic E-state index is -0.682. The van der Waals surface area contributed by atoms with E-state index in [1.165, 1.54) is 6.07 Å². The van der Waals surface area contributed by atoms with Crippen molar-refractivity contribution in [3.63, 3.8) is 0 Å². The first-order chi connectivity index (χ1) is 7.06. The fourth-order valence-corrected chi connectivity index (χ4v) is 2.18. The monoisotopic (exact) mass is 228 g/mol. The predicted molar refractivity (Wildman–Crippen MR) is 63.8 cm³/mol. The lowest BCUT2D eigenvalue weighted by atomic mass is 9.99. The van der Waals surface area contributed by atoms with E-state index in [0.717, 1.165) is 16.9 Å². The standard InChI is InChI=1S/C12H17FOS/c1-8-6-9(2)12(10(13)7-8)11(14)4-5-15-3/h6-7,11,14H,4-5H2,1-3H3. The van der Waals surface area contributed by atoms with E-state index >= 15 is 0 Å². The van der Waals surface area contributed by atoms with Gasteiger partial charge in [0.25, 0.3) is 0 Å². The summed E-state index contributed by atoms with van der Waals surface area (Å²) in [7, 11) is 0. The molecule has 3 heteroatoms. The van der Waals surface area contributed by atoms with Gasteiger partial charge in [0, 0.05) is 5.56 Å². The zero-order chi connectivity index (χ0) is 11.4. The van der Waals surface area contributed by atoms with Gasteiger partial charge >= 0.3 is 0 Å². The second kappa shape index (κ2) is 5.52. The van der Waals surface area contributed by atoms with Crippen LogP contribution in [-0.4, -0.2) is 17.1 Å². The Labute approximate surface area is 94.7 Å². The van der Waals surface area contributed by atoms with Crippen LogP contribution in [0.25, 0.3) is 0 Å². The predicted octanol–water partition coefficient (Wildman–Crippen LogP) is 3.23. The molecule has 0 amide bonds. The number of benzene rings is 1. The Kier molecular flexibility index (Phi) is 4.61. The van der Waals surface area contributed by atoms with Gasteiger partial charge < -0.3 is 5.11 Å². The van der Waals surface area contributed by atoms with E-state index in [1.807, 2.05) is 26.2 Å². The quantitative estimate of drug-likeness (QED) is 0.853. The number of halogens is 1. The van der Waals surface area contributed by atoms with Gasteiger partial charge in [-0.3, -0.25) is 0 Å². The van der Waals surface area contributed by atoms with Gasteiger partial charge in [0.1, 0.15) is 5.82 Å². The van der Waals surface area contributed by atoms with Crippen LogP contribution in [0.2, 0.25) is 0 Å². The molecule has 0 heterocycles. The van der Waals surface area contributed by atoms with Crippen molar-refractivity contribution in [1.82, 2.24) is 0 Å². The largest absolute Gasteiger partial charge is 0.388 e. The van der Waals surface area contributed by atoms with Crippen LogP contribution in [0.1, 0.15) is 29.2 Å². The molecule has 0 saturated carbocycles. The van der Waals surface area contributed by atoms with Crippen LogP contribution in [0.3, 0.4) is 0 Å². The molecule has 1 aromatic rings. The first-order valence-corrected chi connectivity index (χ1v) is 6.39. The first-order valence-electron chi connectivity index (χ1n) is 5.00. The Hall–Kier alpha value is -0.540. The lowest BCUT2D eigenvalue weighted by molar-refractivity contribution is 0.169. The molecule has 1 atom stereocenters. The van der Waals surface area contributed by atoms with Crippen LogP contribution < -0.4 is 0 Å². The highest BCUT2D eigenvalue weighted by Gasteiger charge is 2.15. The molecule has 0 saturated heterocycles. The first kappa shape index (κ1) is 12.5. The molecule has 0 radical (unpaired) electrons. The Morgan fingerprint density at radius 2 is 2.07 bits per heavy atom. The average molecular weight is 228 g/mol. The lowest BCUT2D eigenvalue weighted by Gasteiger charge is -2.14. The lowest BCUT2D eigenvalue weighted by Crippen LogP contribution is -2.05. The number of aryl methyl sites for hydroxylation is 2. The van der Waals surface area contributed by atoms with Crippen LogP contribution >= 0.6 is 11.8 Å². The topological polar surface area (TPSA) is 20.2 Å². The number of hydrogen-bond acceptors (Lipinski definition) is 2. The molecule has 1 unspecified atom stereocenters. The maximum absolute atomic E-state index is 13.6.